The molecular formula is C26H20N2O4S2. The molecule has 0 aliphatic carbocycles. The van der Waals surface area contributed by atoms with Crippen molar-refractivity contribution in [1.29, 1.82) is 0 Å². The highest BCUT2D eigenvalue weighted by atomic mass is 32.2. The van der Waals surface area contributed by atoms with E-state index in [1.54, 1.807) is 24.3 Å². The third kappa shape index (κ3) is 4.73. The molecule has 0 unspecified atom stereocenters. The lowest BCUT2D eigenvalue weighted by Crippen LogP contribution is -2.19. The molecule has 0 bridgehead atoms. The molecule has 3 aromatic carbocycles. The fraction of sp³-hybridized carbons (Fsp3) is 0. The molecule has 2 N–H and O–H groups in total. The van der Waals surface area contributed by atoms with Gasteiger partial charge in [-0.2, -0.15) is 0 Å². The standard InChI is InChI=1S/C26H20N2O4S2/c29-33(30)15-23(19-8-3-1-4-9-19)27-25(17-33)21-12-7-13-22(14-21)26-18-34(31,32)16-24(28-26)20-10-5-2-6-11-20/h1-18,27-28H. The van der Waals surface area contributed by atoms with Gasteiger partial charge in [0.2, 0.25) is 0 Å². The van der Waals surface area contributed by atoms with Gasteiger partial charge in [0.25, 0.3) is 0 Å². The van der Waals surface area contributed by atoms with Crippen LogP contribution in [0.4, 0.5) is 0 Å². The van der Waals surface area contributed by atoms with Crippen LogP contribution in [0, 0.1) is 0 Å². The molecule has 0 spiro atoms. The summed E-state index contributed by atoms with van der Waals surface area (Å²) in [7, 11) is -7.20. The average Bonchev–Trinajstić information content (AvgIpc) is 2.83. The van der Waals surface area contributed by atoms with Crippen LogP contribution < -0.4 is 10.6 Å². The van der Waals surface area contributed by atoms with Gasteiger partial charge in [0.05, 0.1) is 44.4 Å². The molecular weight excluding hydrogens is 468 g/mol. The number of sulfone groups is 2. The molecule has 2 heterocycles. The highest BCUT2D eigenvalue weighted by molar-refractivity contribution is 7.97. The molecule has 5 rings (SSSR count). The summed E-state index contributed by atoms with van der Waals surface area (Å²) in [6, 6.07) is 25.4. The Morgan fingerprint density at radius 2 is 0.735 bits per heavy atom. The predicted octanol–water partition coefficient (Wildman–Crippen LogP) is 4.32. The molecule has 0 saturated heterocycles. The van der Waals surface area contributed by atoms with Crippen LogP contribution in [-0.4, -0.2) is 16.8 Å². The molecule has 2 aliphatic rings. The topological polar surface area (TPSA) is 92.3 Å². The Kier molecular flexibility index (Phi) is 5.47. The Bertz CT molecular complexity index is 1480. The zero-order chi connectivity index (χ0) is 23.8. The number of hydrogen-bond acceptors (Lipinski definition) is 6. The van der Waals surface area contributed by atoms with Gasteiger partial charge in [0.15, 0.2) is 19.7 Å². The normalized spacial score (nSPS) is 18.4. The summed E-state index contributed by atoms with van der Waals surface area (Å²) in [5, 5.41) is 11.1. The van der Waals surface area contributed by atoms with Crippen LogP contribution in [0.25, 0.3) is 22.8 Å². The molecule has 170 valence electrons. The Morgan fingerprint density at radius 3 is 1.12 bits per heavy atom. The first kappa shape index (κ1) is 21.9. The lowest BCUT2D eigenvalue weighted by atomic mass is 10.1. The maximum atomic E-state index is 12.6. The van der Waals surface area contributed by atoms with Crippen LogP contribution in [0.2, 0.25) is 0 Å². The minimum absolute atomic E-state index is 0.404. The summed E-state index contributed by atoms with van der Waals surface area (Å²) < 4.78 is 50.3. The van der Waals surface area contributed by atoms with E-state index in [0.717, 1.165) is 11.1 Å². The summed E-state index contributed by atoms with van der Waals surface area (Å²) in [4.78, 5) is 0. The summed E-state index contributed by atoms with van der Waals surface area (Å²) in [5.74, 6) is 0. The van der Waals surface area contributed by atoms with E-state index in [1.165, 1.54) is 21.6 Å². The van der Waals surface area contributed by atoms with Gasteiger partial charge in [-0.1, -0.05) is 78.9 Å². The third-order valence-electron chi connectivity index (χ3n) is 5.32. The van der Waals surface area contributed by atoms with Crippen LogP contribution in [0.15, 0.2) is 107 Å². The number of nitrogens with one attached hydrogen (secondary N) is 2. The van der Waals surface area contributed by atoms with Gasteiger partial charge in [-0.05, 0) is 28.3 Å². The van der Waals surface area contributed by atoms with E-state index < -0.39 is 19.7 Å². The molecule has 2 aliphatic heterocycles. The van der Waals surface area contributed by atoms with Crippen molar-refractivity contribution >= 4 is 42.5 Å². The van der Waals surface area contributed by atoms with Gasteiger partial charge in [-0.15, -0.1) is 0 Å². The molecule has 0 fully saturated rings. The van der Waals surface area contributed by atoms with E-state index in [2.05, 4.69) is 10.6 Å². The Balaban J connectivity index is 1.50. The van der Waals surface area contributed by atoms with Crippen molar-refractivity contribution in [1.82, 2.24) is 10.6 Å². The van der Waals surface area contributed by atoms with Gasteiger partial charge in [-0.25, -0.2) is 16.8 Å². The van der Waals surface area contributed by atoms with Crippen molar-refractivity contribution in [2.24, 2.45) is 0 Å². The second-order valence-corrected chi connectivity index (χ2v) is 11.2. The first-order valence-electron chi connectivity index (χ1n) is 10.4. The van der Waals surface area contributed by atoms with Gasteiger partial charge in [0.1, 0.15) is 0 Å². The molecule has 0 saturated carbocycles. The smallest absolute Gasteiger partial charge is 0.197 e. The third-order valence-corrected chi connectivity index (χ3v) is 7.58. The van der Waals surface area contributed by atoms with E-state index in [-0.39, 0.29) is 0 Å². The van der Waals surface area contributed by atoms with Crippen molar-refractivity contribution in [2.75, 3.05) is 0 Å². The maximum Gasteiger partial charge on any atom is 0.197 e. The highest BCUT2D eigenvalue weighted by Gasteiger charge is 2.21. The second kappa shape index (κ2) is 8.48. The van der Waals surface area contributed by atoms with Crippen molar-refractivity contribution in [3.05, 3.63) is 129 Å². The van der Waals surface area contributed by atoms with Gasteiger partial charge >= 0.3 is 0 Å². The quantitative estimate of drug-likeness (QED) is 0.568. The van der Waals surface area contributed by atoms with E-state index in [1.807, 2.05) is 60.7 Å². The zero-order valence-electron chi connectivity index (χ0n) is 17.8. The van der Waals surface area contributed by atoms with E-state index in [4.69, 9.17) is 0 Å². The van der Waals surface area contributed by atoms with Crippen molar-refractivity contribution in [2.45, 2.75) is 0 Å². The van der Waals surface area contributed by atoms with Crippen LogP contribution in [-0.2, 0) is 19.7 Å². The van der Waals surface area contributed by atoms with Crippen molar-refractivity contribution < 1.29 is 16.8 Å². The molecule has 6 nitrogen and oxygen atoms in total. The monoisotopic (exact) mass is 488 g/mol. The lowest BCUT2D eigenvalue weighted by Gasteiger charge is -2.21. The molecule has 0 radical (unpaired) electrons. The highest BCUT2D eigenvalue weighted by Crippen LogP contribution is 2.29. The summed E-state index contributed by atoms with van der Waals surface area (Å²) in [5.41, 5.74) is 4.45. The average molecular weight is 489 g/mol. The van der Waals surface area contributed by atoms with Crippen LogP contribution in [0.3, 0.4) is 0 Å². The van der Waals surface area contributed by atoms with Gasteiger partial charge in [0, 0.05) is 0 Å². The number of rotatable bonds is 4. The predicted molar refractivity (Wildman–Crippen MR) is 135 cm³/mol. The van der Waals surface area contributed by atoms with E-state index in [9.17, 15) is 16.8 Å². The number of benzene rings is 3. The Labute approximate surface area is 198 Å². The lowest BCUT2D eigenvalue weighted by molar-refractivity contribution is 0.610. The second-order valence-electron chi connectivity index (χ2n) is 7.87. The zero-order valence-corrected chi connectivity index (χ0v) is 19.5. The molecule has 3 aromatic rings. The van der Waals surface area contributed by atoms with Crippen LogP contribution >= 0.6 is 0 Å². The Morgan fingerprint density at radius 1 is 0.412 bits per heavy atom. The van der Waals surface area contributed by atoms with Crippen LogP contribution in [0.1, 0.15) is 22.3 Å². The van der Waals surface area contributed by atoms with Gasteiger partial charge in [-0.3, -0.25) is 0 Å². The molecule has 34 heavy (non-hydrogen) atoms. The van der Waals surface area contributed by atoms with E-state index in [0.29, 0.717) is 33.9 Å². The fourth-order valence-corrected chi connectivity index (χ4v) is 6.01. The van der Waals surface area contributed by atoms with Crippen molar-refractivity contribution in [3.63, 3.8) is 0 Å². The minimum Gasteiger partial charge on any atom is -0.353 e. The SMILES string of the molecule is O=S1(=O)C=C(c2ccccc2)NC(c2cccc(C3=CS(=O)(=O)C=C(c4ccccc4)N3)c2)=C1. The molecule has 0 atom stereocenters. The number of hydrogen-bond donors (Lipinski definition) is 2. The fourth-order valence-electron chi connectivity index (χ4n) is 3.78. The first-order chi connectivity index (χ1) is 16.3. The first-order valence-corrected chi connectivity index (χ1v) is 13.6. The van der Waals surface area contributed by atoms with Crippen molar-refractivity contribution in [3.8, 4) is 0 Å². The van der Waals surface area contributed by atoms with Gasteiger partial charge < -0.3 is 10.6 Å². The largest absolute Gasteiger partial charge is 0.353 e. The Hall–Kier alpha value is -3.88. The summed E-state index contributed by atoms with van der Waals surface area (Å²) in [6.45, 7) is 0. The summed E-state index contributed by atoms with van der Waals surface area (Å²) >= 11 is 0. The maximum absolute atomic E-state index is 12.6. The molecule has 8 heteroatoms. The van der Waals surface area contributed by atoms with E-state index >= 15 is 0 Å². The van der Waals surface area contributed by atoms with Crippen LogP contribution in [0.5, 0.6) is 0 Å². The summed E-state index contributed by atoms with van der Waals surface area (Å²) in [6.07, 6.45) is 0. The molecule has 0 amide bonds. The molecule has 0 aromatic heterocycles. The minimum atomic E-state index is -3.60.